The van der Waals surface area contributed by atoms with Crippen LogP contribution in [0, 0.1) is 17.8 Å². The van der Waals surface area contributed by atoms with Gasteiger partial charge < -0.3 is 28.4 Å². The van der Waals surface area contributed by atoms with E-state index in [0.717, 1.165) is 75.6 Å². The Bertz CT molecular complexity index is 804. The predicted octanol–water partition coefficient (Wildman–Crippen LogP) is 3.75. The summed E-state index contributed by atoms with van der Waals surface area (Å²) in [6, 6.07) is 0. The van der Waals surface area contributed by atoms with E-state index in [1.165, 1.54) is 16.7 Å². The first-order valence-electron chi connectivity index (χ1n) is 11.6. The predicted molar refractivity (Wildman–Crippen MR) is 107 cm³/mol. The second kappa shape index (κ2) is 5.64. The molecule has 7 rings (SSSR count). The smallest absolute Gasteiger partial charge is 0.210 e. The van der Waals surface area contributed by atoms with Crippen molar-refractivity contribution in [1.82, 2.24) is 0 Å². The maximum Gasteiger partial charge on any atom is 0.210 e. The molecule has 0 spiro atoms. The molecular weight excluding hydrogens is 384 g/mol. The minimum absolute atomic E-state index is 0.343. The molecule has 6 aliphatic rings. The van der Waals surface area contributed by atoms with Crippen molar-refractivity contribution in [2.24, 2.45) is 17.8 Å². The second-order valence-electron chi connectivity index (χ2n) is 10.4. The van der Waals surface area contributed by atoms with Crippen LogP contribution in [-0.4, -0.2) is 37.2 Å². The molecule has 0 saturated carbocycles. The first kappa shape index (κ1) is 18.1. The van der Waals surface area contributed by atoms with E-state index in [9.17, 15) is 0 Å². The van der Waals surface area contributed by atoms with Gasteiger partial charge in [0.15, 0.2) is 0 Å². The van der Waals surface area contributed by atoms with Gasteiger partial charge in [-0.25, -0.2) is 0 Å². The third kappa shape index (κ3) is 2.20. The third-order valence-electron chi connectivity index (χ3n) is 8.70. The van der Waals surface area contributed by atoms with E-state index in [4.69, 9.17) is 28.4 Å². The maximum atomic E-state index is 6.67. The molecule has 1 aromatic carbocycles. The third-order valence-corrected chi connectivity index (χ3v) is 8.70. The topological polar surface area (TPSA) is 55.4 Å². The summed E-state index contributed by atoms with van der Waals surface area (Å²) in [5.41, 5.74) is 3.58. The van der Waals surface area contributed by atoms with E-state index in [1.807, 2.05) is 0 Å². The largest absolute Gasteiger partial charge is 0.461 e. The molecule has 6 aliphatic heterocycles. The molecule has 6 nitrogen and oxygen atoms in total. The van der Waals surface area contributed by atoms with Gasteiger partial charge in [-0.2, -0.15) is 0 Å². The molecule has 0 unspecified atom stereocenters. The van der Waals surface area contributed by atoms with Crippen LogP contribution in [-0.2, 0) is 33.5 Å². The molecule has 0 N–H and O–H groups in total. The number of benzene rings is 1. The van der Waals surface area contributed by atoms with Crippen LogP contribution in [0.1, 0.15) is 56.7 Å². The average Bonchev–Trinajstić information content (AvgIpc) is 3.38. The molecule has 1 aromatic rings. The Balaban J connectivity index is 1.44. The Hall–Kier alpha value is -1.50. The molecule has 162 valence electrons. The van der Waals surface area contributed by atoms with E-state index >= 15 is 0 Å². The zero-order chi connectivity index (χ0) is 20.3. The fourth-order valence-electron chi connectivity index (χ4n) is 6.68. The zero-order valence-corrected chi connectivity index (χ0v) is 18.0. The summed E-state index contributed by atoms with van der Waals surface area (Å²) in [7, 11) is 0. The number of fused-ring (bicyclic) bond motifs is 9. The normalized spacial score (nSPS) is 45.1. The molecule has 0 aliphatic carbocycles. The van der Waals surface area contributed by atoms with Crippen molar-refractivity contribution < 1.29 is 28.4 Å². The monoisotopic (exact) mass is 414 g/mol. The van der Waals surface area contributed by atoms with Crippen LogP contribution in [0.4, 0.5) is 0 Å². The molecule has 6 heteroatoms. The number of hydrogen-bond acceptors (Lipinski definition) is 6. The molecule has 0 bridgehead atoms. The number of ether oxygens (including phenoxy) is 6. The summed E-state index contributed by atoms with van der Waals surface area (Å²) in [6.07, 6.45) is 5.80. The lowest BCUT2D eigenvalue weighted by Gasteiger charge is -2.46. The van der Waals surface area contributed by atoms with Crippen LogP contribution in [0.5, 0.6) is 17.2 Å². The molecule has 3 fully saturated rings. The van der Waals surface area contributed by atoms with E-state index in [-0.39, 0.29) is 0 Å². The van der Waals surface area contributed by atoms with Crippen molar-refractivity contribution >= 4 is 0 Å². The maximum absolute atomic E-state index is 6.67. The first-order valence-corrected chi connectivity index (χ1v) is 11.6. The van der Waals surface area contributed by atoms with Crippen molar-refractivity contribution in [2.45, 2.75) is 76.7 Å². The Labute approximate surface area is 177 Å². The molecular formula is C24H30O6. The summed E-state index contributed by atoms with van der Waals surface area (Å²) in [5, 5.41) is 0. The van der Waals surface area contributed by atoms with E-state index in [0.29, 0.717) is 17.8 Å². The van der Waals surface area contributed by atoms with Gasteiger partial charge >= 0.3 is 0 Å². The zero-order valence-electron chi connectivity index (χ0n) is 18.0. The van der Waals surface area contributed by atoms with Gasteiger partial charge in [-0.15, -0.1) is 0 Å². The number of rotatable bonds is 0. The van der Waals surface area contributed by atoms with E-state index in [2.05, 4.69) is 20.8 Å². The highest BCUT2D eigenvalue weighted by Gasteiger charge is 2.55. The average molecular weight is 414 g/mol. The van der Waals surface area contributed by atoms with Crippen molar-refractivity contribution in [1.29, 1.82) is 0 Å². The van der Waals surface area contributed by atoms with Crippen LogP contribution in [0.2, 0.25) is 0 Å². The van der Waals surface area contributed by atoms with Crippen LogP contribution >= 0.6 is 0 Å². The van der Waals surface area contributed by atoms with E-state index in [1.54, 1.807) is 0 Å². The van der Waals surface area contributed by atoms with Crippen molar-refractivity contribution in [3.63, 3.8) is 0 Å². The van der Waals surface area contributed by atoms with Crippen LogP contribution in [0.15, 0.2) is 0 Å². The fraction of sp³-hybridized carbons (Fsp3) is 0.750. The van der Waals surface area contributed by atoms with Gasteiger partial charge in [0.05, 0.1) is 19.8 Å². The Morgan fingerprint density at radius 3 is 1.13 bits per heavy atom. The second-order valence-corrected chi connectivity index (χ2v) is 10.4. The minimum Gasteiger partial charge on any atom is -0.461 e. The van der Waals surface area contributed by atoms with Crippen molar-refractivity contribution in [3.05, 3.63) is 16.7 Å². The van der Waals surface area contributed by atoms with Crippen molar-refractivity contribution in [3.8, 4) is 17.2 Å². The van der Waals surface area contributed by atoms with Gasteiger partial charge in [-0.3, -0.25) is 0 Å². The summed E-state index contributed by atoms with van der Waals surface area (Å²) >= 11 is 0. The molecule has 6 heterocycles. The standard InChI is InChI=1S/C24H30O6/c1-22-13(4-7-25-22)10-16-19(28-22)17-11-14-5-8-26-23(14,2)30-21(17)18-12-15-6-9-27-24(15,3)29-20(16)18/h13-15H,4-12H2,1-3H3/t13-,14-,15-,22+,23+,24+/m0/s1. The lowest BCUT2D eigenvalue weighted by Crippen LogP contribution is -2.48. The molecule has 0 amide bonds. The fourth-order valence-corrected chi connectivity index (χ4v) is 6.68. The van der Waals surface area contributed by atoms with Crippen LogP contribution in [0.3, 0.4) is 0 Å². The van der Waals surface area contributed by atoms with Gasteiger partial charge in [0, 0.05) is 55.2 Å². The molecule has 6 atom stereocenters. The molecule has 0 aromatic heterocycles. The summed E-state index contributed by atoms with van der Waals surface area (Å²) < 4.78 is 38.2. The highest BCUT2D eigenvalue weighted by atomic mass is 16.7. The lowest BCUT2D eigenvalue weighted by molar-refractivity contribution is -0.181. The highest BCUT2D eigenvalue weighted by molar-refractivity contribution is 5.66. The van der Waals surface area contributed by atoms with Crippen molar-refractivity contribution in [2.75, 3.05) is 19.8 Å². The van der Waals surface area contributed by atoms with Gasteiger partial charge in [0.1, 0.15) is 17.2 Å². The van der Waals surface area contributed by atoms with Gasteiger partial charge in [0.25, 0.3) is 0 Å². The Morgan fingerprint density at radius 1 is 0.533 bits per heavy atom. The highest BCUT2D eigenvalue weighted by Crippen LogP contribution is 2.59. The molecule has 3 saturated heterocycles. The van der Waals surface area contributed by atoms with Crippen LogP contribution < -0.4 is 14.2 Å². The SMILES string of the molecule is C[C@]12OCC[C@H]1Cc1c(c3c(c4c1O[C@@]1(C)OCC[C@H]1C4)O[C@@]1(C)OCC[C@H]1C3)O2. The van der Waals surface area contributed by atoms with E-state index < -0.39 is 17.4 Å². The van der Waals surface area contributed by atoms with Gasteiger partial charge in [0.2, 0.25) is 17.4 Å². The quantitative estimate of drug-likeness (QED) is 0.645. The van der Waals surface area contributed by atoms with Crippen LogP contribution in [0.25, 0.3) is 0 Å². The van der Waals surface area contributed by atoms with Gasteiger partial charge in [-0.1, -0.05) is 0 Å². The lowest BCUT2D eigenvalue weighted by atomic mass is 9.78. The summed E-state index contributed by atoms with van der Waals surface area (Å²) in [6.45, 7) is 8.50. The summed E-state index contributed by atoms with van der Waals surface area (Å²) in [4.78, 5) is 0. The Kier molecular flexibility index (Phi) is 3.41. The molecule has 0 radical (unpaired) electrons. The first-order chi connectivity index (χ1) is 14.4. The number of hydrogen-bond donors (Lipinski definition) is 0. The summed E-state index contributed by atoms with van der Waals surface area (Å²) in [5.74, 6) is 2.13. The van der Waals surface area contributed by atoms with Gasteiger partial charge in [-0.05, 0) is 38.5 Å². The Morgan fingerprint density at radius 2 is 0.833 bits per heavy atom. The molecule has 30 heavy (non-hydrogen) atoms. The minimum atomic E-state index is -0.563.